The van der Waals surface area contributed by atoms with Crippen LogP contribution in [-0.2, 0) is 21.2 Å². The van der Waals surface area contributed by atoms with Crippen molar-refractivity contribution in [3.05, 3.63) is 65.2 Å². The van der Waals surface area contributed by atoms with E-state index in [1.807, 2.05) is 18.2 Å². The lowest BCUT2D eigenvalue weighted by Crippen LogP contribution is -2.46. The highest BCUT2D eigenvalue weighted by molar-refractivity contribution is 7.89. The van der Waals surface area contributed by atoms with E-state index in [0.29, 0.717) is 31.0 Å². The molecule has 0 unspecified atom stereocenters. The number of halogens is 1. The second kappa shape index (κ2) is 8.87. The van der Waals surface area contributed by atoms with Crippen LogP contribution in [0.2, 0.25) is 5.02 Å². The number of carbonyl (C=O) groups is 1. The van der Waals surface area contributed by atoms with Crippen LogP contribution in [0.15, 0.2) is 59.5 Å². The van der Waals surface area contributed by atoms with Crippen LogP contribution in [0, 0.1) is 0 Å². The van der Waals surface area contributed by atoms with Crippen molar-refractivity contribution in [3.63, 3.8) is 0 Å². The lowest BCUT2D eigenvalue weighted by Gasteiger charge is -2.23. The lowest BCUT2D eigenvalue weighted by atomic mass is 10.1. The summed E-state index contributed by atoms with van der Waals surface area (Å²) in [5.41, 5.74) is 1.22. The molecule has 7 heteroatoms. The summed E-state index contributed by atoms with van der Waals surface area (Å²) in [6.07, 6.45) is 2.90. The maximum atomic E-state index is 12.9. The van der Waals surface area contributed by atoms with E-state index in [9.17, 15) is 13.2 Å². The SMILES string of the molecule is O=C(NCCCc1ccccc1)[C@H]1CCCN1S(=O)(=O)c1ccc(Cl)cc1. The summed E-state index contributed by atoms with van der Waals surface area (Å²) in [6, 6.07) is 15.5. The molecule has 0 spiro atoms. The number of carbonyl (C=O) groups excluding carboxylic acids is 1. The van der Waals surface area contributed by atoms with Crippen molar-refractivity contribution in [1.29, 1.82) is 0 Å². The Morgan fingerprint density at radius 3 is 2.52 bits per heavy atom. The third kappa shape index (κ3) is 4.89. The molecule has 2 aromatic carbocycles. The van der Waals surface area contributed by atoms with E-state index in [0.717, 1.165) is 12.8 Å². The van der Waals surface area contributed by atoms with E-state index in [1.54, 1.807) is 12.1 Å². The fourth-order valence-electron chi connectivity index (χ4n) is 3.30. The van der Waals surface area contributed by atoms with Crippen molar-refractivity contribution in [3.8, 4) is 0 Å². The summed E-state index contributed by atoms with van der Waals surface area (Å²) in [5, 5.41) is 3.37. The Morgan fingerprint density at radius 2 is 1.81 bits per heavy atom. The van der Waals surface area contributed by atoms with Gasteiger partial charge in [-0.3, -0.25) is 4.79 Å². The summed E-state index contributed by atoms with van der Waals surface area (Å²) in [5.74, 6) is -0.224. The average molecular weight is 407 g/mol. The fourth-order valence-corrected chi connectivity index (χ4v) is 5.08. The van der Waals surface area contributed by atoms with Crippen LogP contribution in [0.5, 0.6) is 0 Å². The van der Waals surface area contributed by atoms with E-state index in [4.69, 9.17) is 11.6 Å². The minimum Gasteiger partial charge on any atom is -0.355 e. The predicted octanol–water partition coefficient (Wildman–Crippen LogP) is 3.24. The highest BCUT2D eigenvalue weighted by Gasteiger charge is 2.39. The van der Waals surface area contributed by atoms with Crippen molar-refractivity contribution < 1.29 is 13.2 Å². The van der Waals surface area contributed by atoms with Crippen LogP contribution in [0.25, 0.3) is 0 Å². The fraction of sp³-hybridized carbons (Fsp3) is 0.350. The van der Waals surface area contributed by atoms with Gasteiger partial charge < -0.3 is 5.32 Å². The molecule has 0 saturated carbocycles. The number of sulfonamides is 1. The second-order valence-corrected chi connectivity index (χ2v) is 8.93. The maximum Gasteiger partial charge on any atom is 0.243 e. The quantitative estimate of drug-likeness (QED) is 0.718. The summed E-state index contributed by atoms with van der Waals surface area (Å²) in [7, 11) is -3.71. The molecule has 3 rings (SSSR count). The lowest BCUT2D eigenvalue weighted by molar-refractivity contribution is -0.124. The zero-order valence-corrected chi connectivity index (χ0v) is 16.5. The van der Waals surface area contributed by atoms with E-state index < -0.39 is 16.1 Å². The van der Waals surface area contributed by atoms with Gasteiger partial charge in [-0.2, -0.15) is 4.31 Å². The molecule has 1 heterocycles. The van der Waals surface area contributed by atoms with Crippen molar-refractivity contribution >= 4 is 27.5 Å². The number of benzene rings is 2. The van der Waals surface area contributed by atoms with Crippen LogP contribution < -0.4 is 5.32 Å². The third-order valence-corrected chi connectivity index (χ3v) is 6.89. The zero-order chi connectivity index (χ0) is 19.3. The van der Waals surface area contributed by atoms with E-state index in [1.165, 1.54) is 22.0 Å². The molecular formula is C20H23ClN2O3S. The molecule has 0 radical (unpaired) electrons. The molecule has 1 aliphatic heterocycles. The van der Waals surface area contributed by atoms with Gasteiger partial charge in [0.2, 0.25) is 15.9 Å². The predicted molar refractivity (Wildman–Crippen MR) is 106 cm³/mol. The first-order valence-electron chi connectivity index (χ1n) is 9.07. The summed E-state index contributed by atoms with van der Waals surface area (Å²) < 4.78 is 27.1. The van der Waals surface area contributed by atoms with Gasteiger partial charge in [0, 0.05) is 18.1 Å². The first-order chi connectivity index (χ1) is 13.0. The normalized spacial score (nSPS) is 17.7. The molecule has 1 fully saturated rings. The molecule has 5 nitrogen and oxygen atoms in total. The van der Waals surface area contributed by atoms with Gasteiger partial charge in [0.25, 0.3) is 0 Å². The molecule has 1 saturated heterocycles. The Balaban J connectivity index is 1.58. The van der Waals surface area contributed by atoms with E-state index in [-0.39, 0.29) is 10.8 Å². The van der Waals surface area contributed by atoms with E-state index in [2.05, 4.69) is 17.4 Å². The Bertz CT molecular complexity index is 870. The minimum atomic E-state index is -3.71. The van der Waals surface area contributed by atoms with Crippen molar-refractivity contribution in [2.24, 2.45) is 0 Å². The van der Waals surface area contributed by atoms with Crippen molar-refractivity contribution in [2.45, 2.75) is 36.6 Å². The van der Waals surface area contributed by atoms with Gasteiger partial charge in [-0.15, -0.1) is 0 Å². The molecule has 0 bridgehead atoms. The number of hydrogen-bond donors (Lipinski definition) is 1. The Kier molecular flexibility index (Phi) is 6.52. The average Bonchev–Trinajstić information content (AvgIpc) is 3.17. The van der Waals surface area contributed by atoms with Gasteiger partial charge in [0.1, 0.15) is 6.04 Å². The van der Waals surface area contributed by atoms with Crippen molar-refractivity contribution in [2.75, 3.05) is 13.1 Å². The molecule has 1 N–H and O–H groups in total. The monoisotopic (exact) mass is 406 g/mol. The molecular weight excluding hydrogens is 384 g/mol. The zero-order valence-electron chi connectivity index (χ0n) is 15.0. The largest absolute Gasteiger partial charge is 0.355 e. The maximum absolute atomic E-state index is 12.9. The third-order valence-electron chi connectivity index (χ3n) is 4.71. The number of aryl methyl sites for hydroxylation is 1. The topological polar surface area (TPSA) is 66.5 Å². The number of nitrogens with zero attached hydrogens (tertiary/aromatic N) is 1. The van der Waals surface area contributed by atoms with Gasteiger partial charge in [-0.1, -0.05) is 41.9 Å². The second-order valence-electron chi connectivity index (χ2n) is 6.61. The number of amides is 1. The smallest absolute Gasteiger partial charge is 0.243 e. The van der Waals surface area contributed by atoms with Gasteiger partial charge in [-0.25, -0.2) is 8.42 Å². The van der Waals surface area contributed by atoms with Crippen molar-refractivity contribution in [1.82, 2.24) is 9.62 Å². The van der Waals surface area contributed by atoms with Crippen LogP contribution in [-0.4, -0.2) is 37.8 Å². The summed E-state index contributed by atoms with van der Waals surface area (Å²) in [4.78, 5) is 12.7. The molecule has 27 heavy (non-hydrogen) atoms. The van der Waals surface area contributed by atoms with Crippen LogP contribution >= 0.6 is 11.6 Å². The Hall–Kier alpha value is -1.89. The molecule has 1 atom stereocenters. The molecule has 1 amide bonds. The first-order valence-corrected chi connectivity index (χ1v) is 10.9. The van der Waals surface area contributed by atoms with Gasteiger partial charge in [0.15, 0.2) is 0 Å². The van der Waals surface area contributed by atoms with Gasteiger partial charge >= 0.3 is 0 Å². The van der Waals surface area contributed by atoms with Gasteiger partial charge in [-0.05, 0) is 55.5 Å². The number of rotatable bonds is 7. The molecule has 144 valence electrons. The summed E-state index contributed by atoms with van der Waals surface area (Å²) >= 11 is 5.84. The first kappa shape index (κ1) is 19.9. The van der Waals surface area contributed by atoms with Crippen LogP contribution in [0.4, 0.5) is 0 Å². The molecule has 1 aliphatic rings. The van der Waals surface area contributed by atoms with Crippen LogP contribution in [0.1, 0.15) is 24.8 Å². The molecule has 2 aromatic rings. The highest BCUT2D eigenvalue weighted by atomic mass is 35.5. The summed E-state index contributed by atoms with van der Waals surface area (Å²) in [6.45, 7) is 0.881. The molecule has 0 aromatic heterocycles. The minimum absolute atomic E-state index is 0.163. The standard InChI is InChI=1S/C20H23ClN2O3S/c21-17-10-12-18(13-11-17)27(25,26)23-15-5-9-19(23)20(24)22-14-4-8-16-6-2-1-3-7-16/h1-3,6-7,10-13,19H,4-5,8-9,14-15H2,(H,22,24)/t19-/m1/s1. The number of nitrogens with one attached hydrogen (secondary N) is 1. The van der Waals surface area contributed by atoms with Gasteiger partial charge in [0.05, 0.1) is 4.90 Å². The van der Waals surface area contributed by atoms with E-state index >= 15 is 0 Å². The Morgan fingerprint density at radius 1 is 1.11 bits per heavy atom. The highest BCUT2D eigenvalue weighted by Crippen LogP contribution is 2.27. The number of hydrogen-bond acceptors (Lipinski definition) is 3. The Labute approximate surface area is 165 Å². The molecule has 0 aliphatic carbocycles. The van der Waals surface area contributed by atoms with Crippen LogP contribution in [0.3, 0.4) is 0 Å².